The molecule has 1 aromatic heterocycles. The molecular formula is C12H14ClN3O2. The molecule has 2 rings (SSSR count). The van der Waals surface area contributed by atoms with E-state index in [1.54, 1.807) is 12.3 Å². The van der Waals surface area contributed by atoms with E-state index in [4.69, 9.17) is 21.6 Å². The molecule has 1 aromatic rings. The first-order valence-electron chi connectivity index (χ1n) is 5.71. The minimum atomic E-state index is -0.252. The van der Waals surface area contributed by atoms with Gasteiger partial charge in [0.15, 0.2) is 0 Å². The molecule has 1 aliphatic heterocycles. The predicted molar refractivity (Wildman–Crippen MR) is 67.6 cm³/mol. The molecule has 1 saturated heterocycles. The Morgan fingerprint density at radius 3 is 3.11 bits per heavy atom. The molecule has 2 heterocycles. The molecule has 0 spiro atoms. The van der Waals surface area contributed by atoms with Crippen molar-refractivity contribution in [3.8, 4) is 6.07 Å². The van der Waals surface area contributed by atoms with Gasteiger partial charge >= 0.3 is 0 Å². The Bertz CT molecular complexity index is 475. The third kappa shape index (κ3) is 2.56. The molecule has 0 aromatic carbocycles. The fourth-order valence-corrected chi connectivity index (χ4v) is 2.33. The Labute approximate surface area is 111 Å². The van der Waals surface area contributed by atoms with Crippen LogP contribution in [0.2, 0.25) is 5.02 Å². The summed E-state index contributed by atoms with van der Waals surface area (Å²) in [4.78, 5) is 6.16. The van der Waals surface area contributed by atoms with Crippen LogP contribution in [0.5, 0.6) is 0 Å². The molecule has 0 bridgehead atoms. The van der Waals surface area contributed by atoms with Gasteiger partial charge in [-0.05, 0) is 13.0 Å². The summed E-state index contributed by atoms with van der Waals surface area (Å²) in [6, 6.07) is 3.61. The number of aromatic nitrogens is 1. The first-order valence-corrected chi connectivity index (χ1v) is 6.09. The molecule has 0 aliphatic carbocycles. The highest BCUT2D eigenvalue weighted by molar-refractivity contribution is 6.34. The van der Waals surface area contributed by atoms with Crippen molar-refractivity contribution in [3.05, 3.63) is 22.8 Å². The van der Waals surface area contributed by atoms with Crippen molar-refractivity contribution in [1.82, 2.24) is 4.98 Å². The third-order valence-electron chi connectivity index (χ3n) is 2.82. The van der Waals surface area contributed by atoms with E-state index in [1.165, 1.54) is 0 Å². The van der Waals surface area contributed by atoms with Gasteiger partial charge in [-0.25, -0.2) is 4.98 Å². The summed E-state index contributed by atoms with van der Waals surface area (Å²) in [6.07, 6.45) is 1.30. The van der Waals surface area contributed by atoms with Gasteiger partial charge in [0, 0.05) is 19.3 Å². The highest BCUT2D eigenvalue weighted by atomic mass is 35.5. The van der Waals surface area contributed by atoms with Gasteiger partial charge in [0.1, 0.15) is 16.9 Å². The topological polar surface area (TPSA) is 69.4 Å². The number of hydrogen-bond acceptors (Lipinski definition) is 5. The van der Waals surface area contributed by atoms with Gasteiger partial charge in [-0.3, -0.25) is 0 Å². The highest BCUT2D eigenvalue weighted by Gasteiger charge is 2.27. The number of hydrogen-bond donors (Lipinski definition) is 1. The normalized spacial score (nSPS) is 23.8. The molecule has 1 N–H and O–H groups in total. The monoisotopic (exact) mass is 267 g/mol. The molecule has 6 heteroatoms. The number of pyridine rings is 1. The van der Waals surface area contributed by atoms with E-state index in [0.29, 0.717) is 29.5 Å². The fourth-order valence-electron chi connectivity index (χ4n) is 2.06. The van der Waals surface area contributed by atoms with Crippen LogP contribution in [-0.2, 0) is 4.74 Å². The predicted octanol–water partition coefficient (Wildman–Crippen LogP) is 1.19. The summed E-state index contributed by atoms with van der Waals surface area (Å²) in [6.45, 7) is 3.04. The number of ether oxygens (including phenoxy) is 1. The molecule has 5 nitrogen and oxygen atoms in total. The zero-order valence-corrected chi connectivity index (χ0v) is 10.8. The summed E-state index contributed by atoms with van der Waals surface area (Å²) >= 11 is 6.15. The molecule has 1 aliphatic rings. The van der Waals surface area contributed by atoms with E-state index < -0.39 is 0 Å². The van der Waals surface area contributed by atoms with E-state index in [1.807, 2.05) is 17.9 Å². The van der Waals surface area contributed by atoms with Crippen LogP contribution >= 0.6 is 11.6 Å². The van der Waals surface area contributed by atoms with Gasteiger partial charge in [0.2, 0.25) is 0 Å². The second-order valence-electron chi connectivity index (χ2n) is 4.26. The maximum atomic E-state index is 9.19. The maximum absolute atomic E-state index is 9.19. The number of nitrogens with zero attached hydrogens (tertiary/aromatic N) is 3. The second kappa shape index (κ2) is 5.53. The standard InChI is InChI=1S/C12H14ClN3O2/c1-8-5-16(6-10(7-17)18-8)12-11(13)9(4-14)2-3-15-12/h2-3,8,10,17H,5-7H2,1H3. The number of nitriles is 1. The molecule has 2 unspecified atom stereocenters. The van der Waals surface area contributed by atoms with Crippen molar-refractivity contribution in [2.75, 3.05) is 24.6 Å². The molecule has 2 atom stereocenters. The third-order valence-corrected chi connectivity index (χ3v) is 3.19. The zero-order valence-electron chi connectivity index (χ0n) is 10.0. The lowest BCUT2D eigenvalue weighted by Crippen LogP contribution is -2.48. The van der Waals surface area contributed by atoms with E-state index in [2.05, 4.69) is 4.98 Å². The molecule has 0 radical (unpaired) electrons. The van der Waals surface area contributed by atoms with Crippen molar-refractivity contribution >= 4 is 17.4 Å². The van der Waals surface area contributed by atoms with Crippen LogP contribution < -0.4 is 4.90 Å². The van der Waals surface area contributed by atoms with Gasteiger partial charge in [-0.2, -0.15) is 5.26 Å². The van der Waals surface area contributed by atoms with Gasteiger partial charge in [-0.15, -0.1) is 0 Å². The molecule has 96 valence electrons. The van der Waals surface area contributed by atoms with Crippen LogP contribution in [0.1, 0.15) is 12.5 Å². The van der Waals surface area contributed by atoms with E-state index >= 15 is 0 Å². The quantitative estimate of drug-likeness (QED) is 0.872. The van der Waals surface area contributed by atoms with Crippen LogP contribution in [0, 0.1) is 11.3 Å². The number of rotatable bonds is 2. The first-order chi connectivity index (χ1) is 8.65. The molecule has 1 fully saturated rings. The summed E-state index contributed by atoms with van der Waals surface area (Å²) < 4.78 is 5.56. The van der Waals surface area contributed by atoms with Crippen LogP contribution in [0.25, 0.3) is 0 Å². The molecule has 0 saturated carbocycles. The fraction of sp³-hybridized carbons (Fsp3) is 0.500. The van der Waals surface area contributed by atoms with E-state index in [-0.39, 0.29) is 18.8 Å². The smallest absolute Gasteiger partial charge is 0.148 e. The minimum absolute atomic E-state index is 0.0143. The SMILES string of the molecule is CC1CN(c2nccc(C#N)c2Cl)CC(CO)O1. The summed E-state index contributed by atoms with van der Waals surface area (Å²) in [5.74, 6) is 0.573. The summed E-state index contributed by atoms with van der Waals surface area (Å²) in [5, 5.41) is 18.5. The lowest BCUT2D eigenvalue weighted by Gasteiger charge is -2.37. The number of morpholine rings is 1. The van der Waals surface area contributed by atoms with E-state index in [9.17, 15) is 5.11 Å². The number of halogens is 1. The number of aliphatic hydroxyl groups is 1. The van der Waals surface area contributed by atoms with Crippen LogP contribution in [0.15, 0.2) is 12.3 Å². The van der Waals surface area contributed by atoms with Gasteiger partial charge in [-0.1, -0.05) is 11.6 Å². The number of anilines is 1. The maximum Gasteiger partial charge on any atom is 0.148 e. The Hall–Kier alpha value is -1.35. The van der Waals surface area contributed by atoms with Crippen molar-refractivity contribution < 1.29 is 9.84 Å². The lowest BCUT2D eigenvalue weighted by atomic mass is 10.2. The minimum Gasteiger partial charge on any atom is -0.394 e. The average Bonchev–Trinajstić information content (AvgIpc) is 2.38. The second-order valence-corrected chi connectivity index (χ2v) is 4.64. The summed E-state index contributed by atoms with van der Waals surface area (Å²) in [5.41, 5.74) is 0.404. The Balaban J connectivity index is 2.28. The van der Waals surface area contributed by atoms with Gasteiger partial charge in [0.05, 0.1) is 24.4 Å². The van der Waals surface area contributed by atoms with Crippen molar-refractivity contribution in [3.63, 3.8) is 0 Å². The largest absolute Gasteiger partial charge is 0.394 e. The Morgan fingerprint density at radius 2 is 2.44 bits per heavy atom. The van der Waals surface area contributed by atoms with Gasteiger partial charge in [0.25, 0.3) is 0 Å². The first kappa shape index (κ1) is 13.1. The molecule has 0 amide bonds. The highest BCUT2D eigenvalue weighted by Crippen LogP contribution is 2.28. The summed E-state index contributed by atoms with van der Waals surface area (Å²) in [7, 11) is 0. The Kier molecular flexibility index (Phi) is 4.02. The van der Waals surface area contributed by atoms with Crippen LogP contribution in [0.4, 0.5) is 5.82 Å². The van der Waals surface area contributed by atoms with Crippen LogP contribution in [-0.4, -0.2) is 42.0 Å². The van der Waals surface area contributed by atoms with E-state index in [0.717, 1.165) is 0 Å². The van der Waals surface area contributed by atoms with Crippen molar-refractivity contribution in [2.45, 2.75) is 19.1 Å². The molecular weight excluding hydrogens is 254 g/mol. The Morgan fingerprint density at radius 1 is 1.67 bits per heavy atom. The van der Waals surface area contributed by atoms with Gasteiger partial charge < -0.3 is 14.7 Å². The van der Waals surface area contributed by atoms with Crippen molar-refractivity contribution in [2.24, 2.45) is 0 Å². The van der Waals surface area contributed by atoms with Crippen molar-refractivity contribution in [1.29, 1.82) is 5.26 Å². The average molecular weight is 268 g/mol. The zero-order chi connectivity index (χ0) is 13.1. The lowest BCUT2D eigenvalue weighted by molar-refractivity contribution is -0.0422. The molecule has 18 heavy (non-hydrogen) atoms. The van der Waals surface area contributed by atoms with Crippen LogP contribution in [0.3, 0.4) is 0 Å². The number of aliphatic hydroxyl groups excluding tert-OH is 1.